The zero-order chi connectivity index (χ0) is 66.1. The number of hydrogen-bond donors (Lipinski definition) is 10. The molecular formula is C82H99N5O9. The third kappa shape index (κ3) is 11.7. The predicted octanol–water partition coefficient (Wildman–Crippen LogP) is 12.5. The summed E-state index contributed by atoms with van der Waals surface area (Å²) in [4.78, 5) is 32.5. The number of fused-ring (bicyclic) bond motifs is 9. The van der Waals surface area contributed by atoms with Gasteiger partial charge in [0.15, 0.2) is 11.5 Å². The van der Waals surface area contributed by atoms with Crippen molar-refractivity contribution in [3.8, 4) is 34.7 Å². The molecule has 6 heterocycles. The summed E-state index contributed by atoms with van der Waals surface area (Å²) in [5.74, 6) is 5.57. The van der Waals surface area contributed by atoms with E-state index in [1.807, 2.05) is 44.3 Å². The van der Waals surface area contributed by atoms with E-state index in [2.05, 4.69) is 118 Å². The molecule has 0 radical (unpaired) electrons. The normalized spacial score (nSPS) is 33.9. The van der Waals surface area contributed by atoms with Gasteiger partial charge in [0.25, 0.3) is 5.95 Å². The molecule has 5 aromatic rings. The van der Waals surface area contributed by atoms with Crippen LogP contribution in [0.4, 0.5) is 0 Å². The van der Waals surface area contributed by atoms with Crippen LogP contribution < -0.4 is 26.6 Å². The molecule has 14 atom stereocenters. The lowest BCUT2D eigenvalue weighted by Crippen LogP contribution is -2.56. The summed E-state index contributed by atoms with van der Waals surface area (Å²) in [7, 11) is 2.01. The van der Waals surface area contributed by atoms with Gasteiger partial charge in [-0.1, -0.05) is 123 Å². The predicted molar refractivity (Wildman–Crippen MR) is 372 cm³/mol. The van der Waals surface area contributed by atoms with Crippen molar-refractivity contribution in [2.24, 2.45) is 51.8 Å². The molecule has 3 saturated carbocycles. The van der Waals surface area contributed by atoms with Crippen LogP contribution in [0, 0.1) is 63.6 Å². The van der Waals surface area contributed by atoms with E-state index in [0.29, 0.717) is 113 Å². The fourth-order valence-electron chi connectivity index (χ4n) is 21.0. The number of esters is 1. The van der Waals surface area contributed by atoms with Crippen molar-refractivity contribution in [1.82, 2.24) is 26.6 Å². The van der Waals surface area contributed by atoms with E-state index in [1.54, 1.807) is 6.07 Å². The Bertz CT molecular complexity index is 3940. The van der Waals surface area contributed by atoms with Crippen LogP contribution in [0.1, 0.15) is 196 Å². The minimum atomic E-state index is -1.18. The Hall–Kier alpha value is -6.64. The number of allylic oxidation sites excluding steroid dienone is 4. The minimum Gasteiger partial charge on any atom is -0.508 e. The first-order valence-corrected chi connectivity index (χ1v) is 36.5. The maximum atomic E-state index is 16.7. The number of β-amino-alcohol motifs (C(OH)–C–C–N with tert-alkyl or cyclic N) is 1. The lowest BCUT2D eigenvalue weighted by Gasteiger charge is -2.62. The summed E-state index contributed by atoms with van der Waals surface area (Å²) < 4.78 is 13.8. The number of carbonyl (C=O) groups excluding carboxylic acids is 2. The summed E-state index contributed by atoms with van der Waals surface area (Å²) in [6.45, 7) is 7.25. The highest BCUT2D eigenvalue weighted by atomic mass is 16.5. The van der Waals surface area contributed by atoms with Crippen molar-refractivity contribution in [3.63, 3.8) is 0 Å². The van der Waals surface area contributed by atoms with Gasteiger partial charge in [0.1, 0.15) is 11.5 Å². The van der Waals surface area contributed by atoms with E-state index < -0.39 is 39.3 Å². The highest BCUT2D eigenvalue weighted by Crippen LogP contribution is 2.78. The molecule has 14 bridgehead atoms. The van der Waals surface area contributed by atoms with Crippen molar-refractivity contribution in [3.05, 3.63) is 171 Å². The van der Waals surface area contributed by atoms with E-state index >= 15 is 9.59 Å². The van der Waals surface area contributed by atoms with Crippen molar-refractivity contribution in [2.75, 3.05) is 39.8 Å². The molecule has 5 aliphatic heterocycles. The molecule has 506 valence electrons. The number of cyclic esters (lactones) is 1. The van der Waals surface area contributed by atoms with Crippen LogP contribution in [0.3, 0.4) is 0 Å². The molecule has 17 rings (SSSR count). The smallest absolute Gasteiger partial charge is 0.340 e. The number of phenols is 1. The standard InChI is InChI=1S/C82H99N5O9/c1-4-32-84-48-53-37-51-23-33-85-66-22-30-80-29-20-62-71(75(80)82-31-21-65(80)70(63-44-60(89)18-19-61(63)54-15-11-16-55(66)41-54)72(82)77(92)95-68(82)40-52(25-35-88)36-50-13-7-5-8-14-50)76(91)96-74(62)67(90)47-79(58-24-34-86-69(43-58)83-3)45-57-42-59(81(94)27-9-6-10-28-81)17-12-26-78(2,93)49-87-73(64(57)46-79)56(38-51)39-53/h5,7-8,11,13-16,18-19,22,30,37-41,44,52,57-59,64-66,69,73,75,83-89,91,93-94H,4,6,9-10,20-21,23-29,31-36,42-43,45-49H2,1-3H3/b30-22+,68-40-/t52-,57+,58-,59+,64-,65+,66+,69-,73+,75+,78+,79+,80+,82+/m1/s1. The van der Waals surface area contributed by atoms with Gasteiger partial charge in [-0.25, -0.2) is 4.79 Å². The van der Waals surface area contributed by atoms with Crippen LogP contribution in [0.15, 0.2) is 125 Å². The van der Waals surface area contributed by atoms with Gasteiger partial charge in [0.2, 0.25) is 0 Å². The summed E-state index contributed by atoms with van der Waals surface area (Å²) >= 11 is 0. The summed E-state index contributed by atoms with van der Waals surface area (Å²) in [6.07, 6.45) is 20.2. The van der Waals surface area contributed by atoms with Crippen molar-refractivity contribution >= 4 is 17.3 Å². The van der Waals surface area contributed by atoms with Crippen molar-refractivity contribution < 1.29 is 44.3 Å². The topological polar surface area (TPSA) is 218 Å². The highest BCUT2D eigenvalue weighted by molar-refractivity contribution is 6.07. The molecule has 10 N–H and O–H groups in total. The molecule has 4 aromatic carbocycles. The second kappa shape index (κ2) is 26.2. The second-order valence-electron chi connectivity index (χ2n) is 31.2. The number of piperidine rings is 1. The molecular weight excluding hydrogens is 1200 g/mol. The number of nitrogens with one attached hydrogen (secondary N) is 5. The average molecular weight is 1300 g/mol. The van der Waals surface area contributed by atoms with Crippen LogP contribution in [-0.2, 0) is 35.3 Å². The first-order chi connectivity index (χ1) is 46.5. The molecule has 1 aromatic heterocycles. The van der Waals surface area contributed by atoms with Gasteiger partial charge < -0.3 is 61.3 Å². The molecule has 14 heteroatoms. The number of aliphatic hydroxyl groups excluding tert-OH is 1. The van der Waals surface area contributed by atoms with Crippen LogP contribution in [0.25, 0.3) is 16.7 Å². The zero-order valence-corrected chi connectivity index (χ0v) is 56.4. The van der Waals surface area contributed by atoms with Gasteiger partial charge in [-0.05, 0) is 233 Å². The number of ether oxygens (including phenoxy) is 1. The Morgan fingerprint density at radius 3 is 2.52 bits per heavy atom. The maximum Gasteiger partial charge on any atom is 0.340 e. The summed E-state index contributed by atoms with van der Waals surface area (Å²) in [6, 6.07) is 31.0. The maximum absolute atomic E-state index is 16.7. The van der Waals surface area contributed by atoms with Gasteiger partial charge >= 0.3 is 5.97 Å². The first kappa shape index (κ1) is 65.3. The third-order valence-corrected chi connectivity index (χ3v) is 25.3. The van der Waals surface area contributed by atoms with Gasteiger partial charge in [-0.15, -0.1) is 0 Å². The van der Waals surface area contributed by atoms with Crippen molar-refractivity contribution in [1.29, 1.82) is 0 Å². The molecule has 5 fully saturated rings. The molecule has 2 saturated heterocycles. The zero-order valence-electron chi connectivity index (χ0n) is 56.4. The number of aliphatic hydroxyl groups is 3. The van der Waals surface area contributed by atoms with Crippen LogP contribution in [0.2, 0.25) is 0 Å². The number of phenolic OH excluding ortho intramolecular Hbond substituents is 1. The Labute approximate surface area is 566 Å². The van der Waals surface area contributed by atoms with E-state index in [9.17, 15) is 25.5 Å². The van der Waals surface area contributed by atoms with E-state index in [4.69, 9.17) is 9.15 Å². The first-order valence-electron chi connectivity index (χ1n) is 36.5. The fraction of sp³-hybridized carbons (Fsp3) is 0.537. The third-order valence-electron chi connectivity index (χ3n) is 25.3. The average Bonchev–Trinajstić information content (AvgIpc) is 1.35. The Kier molecular flexibility index (Phi) is 17.8. The van der Waals surface area contributed by atoms with Gasteiger partial charge in [0, 0.05) is 73.5 Å². The molecule has 0 amide bonds. The Morgan fingerprint density at radius 1 is 0.844 bits per heavy atom. The molecule has 96 heavy (non-hydrogen) atoms. The van der Waals surface area contributed by atoms with Gasteiger partial charge in [0.05, 0.1) is 34.4 Å². The number of ketones is 1. The van der Waals surface area contributed by atoms with Crippen LogP contribution in [-0.4, -0.2) is 94.5 Å². The summed E-state index contributed by atoms with van der Waals surface area (Å²) in [5.41, 5.74) is 6.21. The van der Waals surface area contributed by atoms with E-state index in [0.717, 1.165) is 97.0 Å². The molecule has 14 nitrogen and oxygen atoms in total. The lowest BCUT2D eigenvalue weighted by molar-refractivity contribution is -0.132. The molecule has 7 aliphatic carbocycles. The number of furan rings is 1. The largest absolute Gasteiger partial charge is 0.508 e. The number of Topliss-reactive ketones (excluding diaryl/α,β-unsaturated/α-hetero) is 1. The highest BCUT2D eigenvalue weighted by Gasteiger charge is 2.72. The number of rotatable bonds is 12. The van der Waals surface area contributed by atoms with Crippen LogP contribution in [0.5, 0.6) is 11.7 Å². The quantitative estimate of drug-likeness (QED) is 0.0243. The van der Waals surface area contributed by atoms with Crippen LogP contribution >= 0.6 is 0 Å². The number of benzene rings is 4. The second-order valence-corrected chi connectivity index (χ2v) is 31.2. The van der Waals surface area contributed by atoms with E-state index in [-0.39, 0.29) is 96.4 Å². The molecule has 2 spiro atoms. The number of aromatic hydroxyl groups is 2. The number of hydrogen-bond acceptors (Lipinski definition) is 14. The van der Waals surface area contributed by atoms with Crippen molar-refractivity contribution in [2.45, 2.75) is 184 Å². The fourth-order valence-corrected chi connectivity index (χ4v) is 21.0. The van der Waals surface area contributed by atoms with E-state index in [1.165, 1.54) is 11.1 Å². The minimum absolute atomic E-state index is 0.0123. The number of carbonyl (C=O) groups is 2. The Balaban J connectivity index is 0.965. The SMILES string of the molecule is CCCNCc1cc2cc(c1)[C@@H]1NC[C@@](C)(O)CC#C[C@H](C3(O)CCCCC3)C[C@H]3C[C@@]([C@@H]4CCN[C@@H](NC)C4)(CC(=O)c4oc(O)c5c4CC[C@]46/C=C/[C@H](NCC2)c2cccc(c2)-c2ccc(O)cc2C2=C7C(=O)O/C(=C\[C@H](CCO)Cc8ccccc8)[C@]7(CC[C@@H]24)[C@@H]56)C[C@H]31. The molecule has 12 aliphatic rings. The van der Waals surface area contributed by atoms with Gasteiger partial charge in [-0.2, -0.15) is 0 Å². The molecule has 0 unspecified atom stereocenters. The lowest BCUT2D eigenvalue weighted by atomic mass is 9.38. The monoisotopic (exact) mass is 1300 g/mol. The van der Waals surface area contributed by atoms with Gasteiger partial charge in [-0.3, -0.25) is 4.79 Å². The Morgan fingerprint density at radius 2 is 1.70 bits per heavy atom. The summed E-state index contributed by atoms with van der Waals surface area (Å²) in [5, 5.41) is 80.5.